The molecule has 0 unspecified atom stereocenters. The number of benzene rings is 2. The van der Waals surface area contributed by atoms with Gasteiger partial charge in [-0.2, -0.15) is 0 Å². The Hall–Kier alpha value is -2.09. The van der Waals surface area contributed by atoms with Gasteiger partial charge in [-0.1, -0.05) is 29.3 Å². The minimum Gasteiger partial charge on any atom is -0.322 e. The molecule has 0 aliphatic rings. The van der Waals surface area contributed by atoms with Gasteiger partial charge in [0.2, 0.25) is 15.9 Å². The van der Waals surface area contributed by atoms with Crippen molar-refractivity contribution in [3.05, 3.63) is 63.9 Å². The van der Waals surface area contributed by atoms with E-state index in [9.17, 15) is 17.6 Å². The molecule has 132 valence electrons. The zero-order chi connectivity index (χ0) is 18.6. The van der Waals surface area contributed by atoms with E-state index >= 15 is 0 Å². The number of rotatable bonds is 5. The molecule has 0 bridgehead atoms. The maximum absolute atomic E-state index is 13.6. The molecular weight excluding hydrogens is 390 g/mol. The predicted molar refractivity (Wildman–Crippen MR) is 99.0 cm³/mol. The third-order valence-electron chi connectivity index (χ3n) is 2.90. The van der Waals surface area contributed by atoms with Crippen LogP contribution in [0.15, 0.2) is 42.5 Å². The van der Waals surface area contributed by atoms with E-state index < -0.39 is 21.7 Å². The van der Waals surface area contributed by atoms with Crippen LogP contribution in [0.4, 0.5) is 15.8 Å². The van der Waals surface area contributed by atoms with Crippen LogP contribution in [-0.4, -0.2) is 20.6 Å². The summed E-state index contributed by atoms with van der Waals surface area (Å²) >= 11 is 11.7. The van der Waals surface area contributed by atoms with Gasteiger partial charge in [-0.3, -0.25) is 9.52 Å². The molecule has 1 amide bonds. The van der Waals surface area contributed by atoms with E-state index in [1.165, 1.54) is 24.3 Å². The molecule has 0 saturated carbocycles. The van der Waals surface area contributed by atoms with Crippen molar-refractivity contribution in [3.8, 4) is 0 Å². The Morgan fingerprint density at radius 1 is 1.12 bits per heavy atom. The van der Waals surface area contributed by atoms with Crippen LogP contribution in [0.1, 0.15) is 5.56 Å². The van der Waals surface area contributed by atoms with Gasteiger partial charge in [-0.05, 0) is 42.0 Å². The van der Waals surface area contributed by atoms with Gasteiger partial charge < -0.3 is 5.32 Å². The fraction of sp³-hybridized carbons (Fsp3) is 0.0625. The first kappa shape index (κ1) is 19.2. The summed E-state index contributed by atoms with van der Waals surface area (Å²) in [7, 11) is -3.64. The van der Waals surface area contributed by atoms with Crippen molar-refractivity contribution in [1.82, 2.24) is 0 Å². The standard InChI is InChI=1S/C16H13Cl2FN2O3S/c1-25(23,24)21-15-9-11(4-6-14(15)19)20-16(22)7-3-10-2-5-12(17)13(18)8-10/h2-9,21H,1H3,(H,20,22)/b7-3+. The Kier molecular flexibility index (Phi) is 6.05. The molecule has 0 radical (unpaired) electrons. The van der Waals surface area contributed by atoms with Crippen molar-refractivity contribution >= 4 is 56.6 Å². The molecule has 25 heavy (non-hydrogen) atoms. The van der Waals surface area contributed by atoms with E-state index in [4.69, 9.17) is 23.2 Å². The third kappa shape index (κ3) is 6.04. The highest BCUT2D eigenvalue weighted by Crippen LogP contribution is 2.23. The second kappa shape index (κ2) is 7.86. The molecule has 0 aromatic heterocycles. The number of carbonyl (C=O) groups excluding carboxylic acids is 1. The van der Waals surface area contributed by atoms with E-state index in [2.05, 4.69) is 5.32 Å². The van der Waals surface area contributed by atoms with Gasteiger partial charge in [0.25, 0.3) is 0 Å². The number of hydrogen-bond donors (Lipinski definition) is 2. The Morgan fingerprint density at radius 3 is 2.48 bits per heavy atom. The second-order valence-electron chi connectivity index (χ2n) is 5.06. The normalized spacial score (nSPS) is 11.5. The highest BCUT2D eigenvalue weighted by molar-refractivity contribution is 7.92. The van der Waals surface area contributed by atoms with Crippen LogP contribution in [0, 0.1) is 5.82 Å². The molecule has 0 heterocycles. The summed E-state index contributed by atoms with van der Waals surface area (Å²) in [5.41, 5.74) is 0.646. The molecular formula is C16H13Cl2FN2O3S. The number of amides is 1. The van der Waals surface area contributed by atoms with E-state index in [0.29, 0.717) is 15.6 Å². The van der Waals surface area contributed by atoms with Crippen LogP contribution in [0.3, 0.4) is 0 Å². The molecule has 2 aromatic carbocycles. The average molecular weight is 403 g/mol. The number of carbonyl (C=O) groups is 1. The molecule has 5 nitrogen and oxygen atoms in total. The third-order valence-corrected chi connectivity index (χ3v) is 4.23. The first-order chi connectivity index (χ1) is 11.6. The van der Waals surface area contributed by atoms with Crippen molar-refractivity contribution in [2.24, 2.45) is 0 Å². The fourth-order valence-corrected chi connectivity index (χ4v) is 2.72. The summed E-state index contributed by atoms with van der Waals surface area (Å²) in [4.78, 5) is 11.9. The Balaban J connectivity index is 2.11. The first-order valence-electron chi connectivity index (χ1n) is 6.85. The number of halogens is 3. The average Bonchev–Trinajstić information content (AvgIpc) is 2.50. The van der Waals surface area contributed by atoms with Crippen molar-refractivity contribution in [1.29, 1.82) is 0 Å². The summed E-state index contributed by atoms with van der Waals surface area (Å²) in [5, 5.41) is 3.27. The predicted octanol–water partition coefficient (Wildman–Crippen LogP) is 4.16. The zero-order valence-corrected chi connectivity index (χ0v) is 15.2. The van der Waals surface area contributed by atoms with E-state index in [-0.39, 0.29) is 11.4 Å². The topological polar surface area (TPSA) is 75.3 Å². The van der Waals surface area contributed by atoms with Crippen LogP contribution >= 0.6 is 23.2 Å². The molecule has 2 rings (SSSR count). The zero-order valence-electron chi connectivity index (χ0n) is 12.9. The van der Waals surface area contributed by atoms with Gasteiger partial charge in [-0.15, -0.1) is 0 Å². The van der Waals surface area contributed by atoms with E-state index in [0.717, 1.165) is 12.3 Å². The van der Waals surface area contributed by atoms with Crippen LogP contribution in [0.5, 0.6) is 0 Å². The maximum atomic E-state index is 13.6. The highest BCUT2D eigenvalue weighted by Gasteiger charge is 2.09. The Labute approximate surface area is 154 Å². The molecule has 0 spiro atoms. The van der Waals surface area contributed by atoms with Crippen molar-refractivity contribution in [3.63, 3.8) is 0 Å². The molecule has 0 aliphatic heterocycles. The lowest BCUT2D eigenvalue weighted by Gasteiger charge is -2.08. The molecule has 0 fully saturated rings. The van der Waals surface area contributed by atoms with Crippen LogP contribution in [0.2, 0.25) is 10.0 Å². The van der Waals surface area contributed by atoms with Gasteiger partial charge in [0.05, 0.1) is 22.0 Å². The van der Waals surface area contributed by atoms with Gasteiger partial charge in [0.15, 0.2) is 0 Å². The number of hydrogen-bond acceptors (Lipinski definition) is 3. The summed E-state index contributed by atoms with van der Waals surface area (Å²) in [6, 6.07) is 8.43. The molecule has 0 saturated heterocycles. The van der Waals surface area contributed by atoms with Crippen LogP contribution in [-0.2, 0) is 14.8 Å². The van der Waals surface area contributed by atoms with Gasteiger partial charge in [0.1, 0.15) is 5.82 Å². The van der Waals surface area contributed by atoms with Crippen LogP contribution < -0.4 is 10.0 Å². The van der Waals surface area contributed by atoms with Crippen molar-refractivity contribution < 1.29 is 17.6 Å². The lowest BCUT2D eigenvalue weighted by atomic mass is 10.2. The van der Waals surface area contributed by atoms with Crippen molar-refractivity contribution in [2.45, 2.75) is 0 Å². The quantitative estimate of drug-likeness (QED) is 0.737. The first-order valence-corrected chi connectivity index (χ1v) is 9.50. The molecule has 0 aliphatic carbocycles. The monoisotopic (exact) mass is 402 g/mol. The largest absolute Gasteiger partial charge is 0.322 e. The molecule has 2 N–H and O–H groups in total. The van der Waals surface area contributed by atoms with E-state index in [1.54, 1.807) is 18.2 Å². The Morgan fingerprint density at radius 2 is 1.84 bits per heavy atom. The summed E-state index contributed by atoms with van der Waals surface area (Å²) in [5.74, 6) is -1.24. The minimum atomic E-state index is -3.64. The fourth-order valence-electron chi connectivity index (χ4n) is 1.85. The lowest BCUT2D eigenvalue weighted by molar-refractivity contribution is -0.111. The van der Waals surface area contributed by atoms with Gasteiger partial charge >= 0.3 is 0 Å². The highest BCUT2D eigenvalue weighted by atomic mass is 35.5. The SMILES string of the molecule is CS(=O)(=O)Nc1cc(NC(=O)/C=C/c2ccc(Cl)c(Cl)c2)ccc1F. The van der Waals surface area contributed by atoms with Crippen molar-refractivity contribution in [2.75, 3.05) is 16.3 Å². The van der Waals surface area contributed by atoms with Gasteiger partial charge in [0, 0.05) is 11.8 Å². The lowest BCUT2D eigenvalue weighted by Crippen LogP contribution is -2.12. The molecule has 0 atom stereocenters. The Bertz CT molecular complexity index is 946. The second-order valence-corrected chi connectivity index (χ2v) is 7.63. The van der Waals surface area contributed by atoms with E-state index in [1.807, 2.05) is 4.72 Å². The number of anilines is 2. The maximum Gasteiger partial charge on any atom is 0.248 e. The number of sulfonamides is 1. The van der Waals surface area contributed by atoms with Gasteiger partial charge in [-0.25, -0.2) is 12.8 Å². The molecule has 9 heteroatoms. The summed E-state index contributed by atoms with van der Waals surface area (Å²) in [6.45, 7) is 0. The molecule has 2 aromatic rings. The van der Waals surface area contributed by atoms with Crippen LogP contribution in [0.25, 0.3) is 6.08 Å². The number of nitrogens with one attached hydrogen (secondary N) is 2. The summed E-state index contributed by atoms with van der Waals surface area (Å²) in [6.07, 6.45) is 3.68. The minimum absolute atomic E-state index is 0.233. The smallest absolute Gasteiger partial charge is 0.248 e. The summed E-state index contributed by atoms with van der Waals surface area (Å²) < 4.78 is 38.0.